The standard InChI is InChI=1S/C16H23BrN2O2/c1-11(18)13-5-4-8-19(10-13)16(20)12(2)21-15-7-3-6-14(17)9-15/h3,6-7,9,11-13H,4-5,8,10,18H2,1-2H3. The van der Waals surface area contributed by atoms with Gasteiger partial charge in [-0.3, -0.25) is 4.79 Å². The molecule has 4 nitrogen and oxygen atoms in total. The molecule has 21 heavy (non-hydrogen) atoms. The van der Waals surface area contributed by atoms with Gasteiger partial charge >= 0.3 is 0 Å². The monoisotopic (exact) mass is 354 g/mol. The van der Waals surface area contributed by atoms with Crippen LogP contribution < -0.4 is 10.5 Å². The fourth-order valence-corrected chi connectivity index (χ4v) is 3.07. The van der Waals surface area contributed by atoms with Gasteiger partial charge in [-0.1, -0.05) is 22.0 Å². The number of piperidine rings is 1. The smallest absolute Gasteiger partial charge is 0.263 e. The van der Waals surface area contributed by atoms with Crippen LogP contribution in [-0.2, 0) is 4.79 Å². The molecule has 1 aliphatic heterocycles. The van der Waals surface area contributed by atoms with Crippen LogP contribution in [0.15, 0.2) is 28.7 Å². The fourth-order valence-electron chi connectivity index (χ4n) is 2.69. The Morgan fingerprint density at radius 1 is 1.48 bits per heavy atom. The van der Waals surface area contributed by atoms with Gasteiger partial charge in [0.15, 0.2) is 6.10 Å². The summed E-state index contributed by atoms with van der Waals surface area (Å²) in [5, 5.41) is 0. The lowest BCUT2D eigenvalue weighted by Crippen LogP contribution is -2.48. The molecule has 1 saturated heterocycles. The summed E-state index contributed by atoms with van der Waals surface area (Å²) < 4.78 is 6.69. The Kier molecular flexibility index (Phi) is 5.65. The maximum Gasteiger partial charge on any atom is 0.263 e. The molecule has 5 heteroatoms. The van der Waals surface area contributed by atoms with Gasteiger partial charge in [-0.15, -0.1) is 0 Å². The predicted molar refractivity (Wildman–Crippen MR) is 87.2 cm³/mol. The molecule has 0 aliphatic carbocycles. The highest BCUT2D eigenvalue weighted by molar-refractivity contribution is 9.10. The third-order valence-corrected chi connectivity index (χ3v) is 4.46. The molecular formula is C16H23BrN2O2. The molecule has 0 radical (unpaired) electrons. The van der Waals surface area contributed by atoms with Gasteiger partial charge in [0.2, 0.25) is 0 Å². The van der Waals surface area contributed by atoms with E-state index in [1.165, 1.54) is 0 Å². The highest BCUT2D eigenvalue weighted by Gasteiger charge is 2.29. The van der Waals surface area contributed by atoms with Crippen molar-refractivity contribution in [3.05, 3.63) is 28.7 Å². The normalized spacial score (nSPS) is 21.7. The number of ether oxygens (including phenoxy) is 1. The number of hydrogen-bond donors (Lipinski definition) is 1. The molecule has 1 heterocycles. The Balaban J connectivity index is 1.95. The second-order valence-electron chi connectivity index (χ2n) is 5.76. The SMILES string of the molecule is CC(Oc1cccc(Br)c1)C(=O)N1CCCC(C(C)N)C1. The Morgan fingerprint density at radius 2 is 2.24 bits per heavy atom. The first-order chi connectivity index (χ1) is 9.97. The Morgan fingerprint density at radius 3 is 2.90 bits per heavy atom. The molecule has 1 aromatic rings. The third-order valence-electron chi connectivity index (χ3n) is 3.97. The molecule has 1 fully saturated rings. The molecule has 3 atom stereocenters. The van der Waals surface area contributed by atoms with E-state index in [4.69, 9.17) is 10.5 Å². The highest BCUT2D eigenvalue weighted by atomic mass is 79.9. The first-order valence-electron chi connectivity index (χ1n) is 7.44. The zero-order chi connectivity index (χ0) is 15.4. The third kappa shape index (κ3) is 4.45. The van der Waals surface area contributed by atoms with Crippen LogP contribution in [0.2, 0.25) is 0 Å². The van der Waals surface area contributed by atoms with Crippen molar-refractivity contribution in [1.29, 1.82) is 0 Å². The van der Waals surface area contributed by atoms with Crippen molar-refractivity contribution < 1.29 is 9.53 Å². The van der Waals surface area contributed by atoms with Crippen LogP contribution in [0.25, 0.3) is 0 Å². The zero-order valence-corrected chi connectivity index (χ0v) is 14.2. The van der Waals surface area contributed by atoms with Gasteiger partial charge in [-0.05, 0) is 50.8 Å². The van der Waals surface area contributed by atoms with Crippen molar-refractivity contribution in [3.63, 3.8) is 0 Å². The van der Waals surface area contributed by atoms with Crippen LogP contribution in [-0.4, -0.2) is 36.0 Å². The van der Waals surface area contributed by atoms with E-state index in [-0.39, 0.29) is 11.9 Å². The van der Waals surface area contributed by atoms with Crippen molar-refractivity contribution in [3.8, 4) is 5.75 Å². The molecule has 0 saturated carbocycles. The van der Waals surface area contributed by atoms with E-state index in [1.54, 1.807) is 6.92 Å². The number of rotatable bonds is 4. The Bertz CT molecular complexity index is 493. The molecule has 1 amide bonds. The number of halogens is 1. The Hall–Kier alpha value is -1.07. The maximum absolute atomic E-state index is 12.5. The second kappa shape index (κ2) is 7.27. The van der Waals surface area contributed by atoms with E-state index < -0.39 is 6.10 Å². The summed E-state index contributed by atoms with van der Waals surface area (Å²) in [6.07, 6.45) is 1.63. The molecule has 0 spiro atoms. The van der Waals surface area contributed by atoms with Gasteiger partial charge in [0.1, 0.15) is 5.75 Å². The maximum atomic E-state index is 12.5. The van der Waals surface area contributed by atoms with Crippen molar-refractivity contribution in [2.75, 3.05) is 13.1 Å². The van der Waals surface area contributed by atoms with E-state index in [0.29, 0.717) is 11.7 Å². The van der Waals surface area contributed by atoms with Gasteiger partial charge in [0.25, 0.3) is 5.91 Å². The average molecular weight is 355 g/mol. The molecular weight excluding hydrogens is 332 g/mol. The number of carbonyl (C=O) groups excluding carboxylic acids is 1. The number of carbonyl (C=O) groups is 1. The van der Waals surface area contributed by atoms with Crippen LogP contribution in [0.3, 0.4) is 0 Å². The number of nitrogens with two attached hydrogens (primary N) is 1. The van der Waals surface area contributed by atoms with Gasteiger partial charge < -0.3 is 15.4 Å². The molecule has 1 aliphatic rings. The summed E-state index contributed by atoms with van der Waals surface area (Å²) in [6.45, 7) is 5.36. The second-order valence-corrected chi connectivity index (χ2v) is 6.68. The summed E-state index contributed by atoms with van der Waals surface area (Å²) in [4.78, 5) is 14.4. The molecule has 116 valence electrons. The van der Waals surface area contributed by atoms with Gasteiger partial charge in [-0.25, -0.2) is 0 Å². The van der Waals surface area contributed by atoms with Gasteiger partial charge in [0, 0.05) is 23.6 Å². The lowest BCUT2D eigenvalue weighted by Gasteiger charge is -2.35. The fraction of sp³-hybridized carbons (Fsp3) is 0.562. The average Bonchev–Trinajstić information content (AvgIpc) is 2.46. The summed E-state index contributed by atoms with van der Waals surface area (Å²) in [6, 6.07) is 7.67. The predicted octanol–water partition coefficient (Wildman–Crippen LogP) is 2.80. The van der Waals surface area contributed by atoms with Crippen molar-refractivity contribution in [2.45, 2.75) is 38.8 Å². The zero-order valence-electron chi connectivity index (χ0n) is 12.6. The minimum Gasteiger partial charge on any atom is -0.481 e. The number of amides is 1. The Labute approximate surface area is 134 Å². The van der Waals surface area contributed by atoms with Crippen LogP contribution in [0, 0.1) is 5.92 Å². The number of nitrogens with zero attached hydrogens (tertiary/aromatic N) is 1. The van der Waals surface area contributed by atoms with Crippen molar-refractivity contribution in [1.82, 2.24) is 4.90 Å². The molecule has 0 bridgehead atoms. The highest BCUT2D eigenvalue weighted by Crippen LogP contribution is 2.22. The van der Waals surface area contributed by atoms with Crippen LogP contribution in [0.4, 0.5) is 0 Å². The first kappa shape index (κ1) is 16.3. The first-order valence-corrected chi connectivity index (χ1v) is 8.23. The van der Waals surface area contributed by atoms with Crippen LogP contribution in [0.1, 0.15) is 26.7 Å². The van der Waals surface area contributed by atoms with E-state index in [2.05, 4.69) is 15.9 Å². The number of likely N-dealkylation sites (tertiary alicyclic amines) is 1. The summed E-state index contributed by atoms with van der Waals surface area (Å²) >= 11 is 3.40. The largest absolute Gasteiger partial charge is 0.481 e. The summed E-state index contributed by atoms with van der Waals surface area (Å²) in [7, 11) is 0. The minimum atomic E-state index is -0.480. The number of benzene rings is 1. The molecule has 0 aromatic heterocycles. The van der Waals surface area contributed by atoms with E-state index in [0.717, 1.165) is 30.4 Å². The molecule has 1 aromatic carbocycles. The molecule has 2 N–H and O–H groups in total. The quantitative estimate of drug-likeness (QED) is 0.904. The molecule has 3 unspecified atom stereocenters. The van der Waals surface area contributed by atoms with Gasteiger partial charge in [0.05, 0.1) is 0 Å². The lowest BCUT2D eigenvalue weighted by molar-refractivity contribution is -0.139. The van der Waals surface area contributed by atoms with E-state index in [9.17, 15) is 4.79 Å². The van der Waals surface area contributed by atoms with E-state index >= 15 is 0 Å². The van der Waals surface area contributed by atoms with Crippen LogP contribution in [0.5, 0.6) is 5.75 Å². The van der Waals surface area contributed by atoms with Crippen molar-refractivity contribution in [2.24, 2.45) is 11.7 Å². The summed E-state index contributed by atoms with van der Waals surface area (Å²) in [5.41, 5.74) is 5.97. The van der Waals surface area contributed by atoms with Crippen LogP contribution >= 0.6 is 15.9 Å². The summed E-state index contributed by atoms with van der Waals surface area (Å²) in [5.74, 6) is 1.13. The lowest BCUT2D eigenvalue weighted by atomic mass is 9.92. The topological polar surface area (TPSA) is 55.6 Å². The molecule has 2 rings (SSSR count). The van der Waals surface area contributed by atoms with E-state index in [1.807, 2.05) is 36.1 Å². The number of hydrogen-bond acceptors (Lipinski definition) is 3. The minimum absolute atomic E-state index is 0.0420. The van der Waals surface area contributed by atoms with Crippen molar-refractivity contribution >= 4 is 21.8 Å². The van der Waals surface area contributed by atoms with Gasteiger partial charge in [-0.2, -0.15) is 0 Å².